The molecule has 1 heterocycles. The molecule has 2 rings (SSSR count). The lowest BCUT2D eigenvalue weighted by molar-refractivity contribution is -0.137. The Labute approximate surface area is 118 Å². The third-order valence-electron chi connectivity index (χ3n) is 2.68. The average molecular weight is 296 g/mol. The van der Waals surface area contributed by atoms with Gasteiger partial charge in [0.05, 0.1) is 11.6 Å². The van der Waals surface area contributed by atoms with E-state index in [0.717, 1.165) is 21.9 Å². The highest BCUT2D eigenvalue weighted by atomic mass is 32.1. The summed E-state index contributed by atoms with van der Waals surface area (Å²) in [5.74, 6) is 0. The van der Waals surface area contributed by atoms with Crippen LogP contribution in [-0.4, -0.2) is 0 Å². The standard InChI is InChI=1S/C14H11F3N2S/c1-9-5-6-13(20-9)12(8-18)19-11-4-2-3-10(7-11)14(15,16)17/h2-7,12,19H,1H3. The van der Waals surface area contributed by atoms with Gasteiger partial charge in [0.1, 0.15) is 6.04 Å². The average Bonchev–Trinajstić information content (AvgIpc) is 2.82. The number of thiophene rings is 1. The molecule has 0 saturated heterocycles. The molecular formula is C14H11F3N2S. The van der Waals surface area contributed by atoms with Crippen LogP contribution in [0.2, 0.25) is 0 Å². The molecule has 1 aromatic heterocycles. The summed E-state index contributed by atoms with van der Waals surface area (Å²) in [7, 11) is 0. The van der Waals surface area contributed by atoms with Crippen molar-refractivity contribution < 1.29 is 13.2 Å². The molecule has 1 N–H and O–H groups in total. The first kappa shape index (κ1) is 14.4. The van der Waals surface area contributed by atoms with Gasteiger partial charge in [-0.3, -0.25) is 0 Å². The maximum absolute atomic E-state index is 12.6. The van der Waals surface area contributed by atoms with Gasteiger partial charge in [-0.15, -0.1) is 11.3 Å². The Morgan fingerprint density at radius 1 is 1.25 bits per heavy atom. The quantitative estimate of drug-likeness (QED) is 0.887. The molecule has 0 spiro atoms. The van der Waals surface area contributed by atoms with Crippen molar-refractivity contribution in [2.24, 2.45) is 0 Å². The van der Waals surface area contributed by atoms with Gasteiger partial charge in [0.2, 0.25) is 0 Å². The zero-order valence-corrected chi connectivity index (χ0v) is 11.3. The number of hydrogen-bond donors (Lipinski definition) is 1. The molecule has 1 atom stereocenters. The maximum atomic E-state index is 12.6. The Bertz CT molecular complexity index is 640. The molecule has 20 heavy (non-hydrogen) atoms. The molecular weight excluding hydrogens is 285 g/mol. The molecule has 1 aromatic carbocycles. The molecule has 0 radical (unpaired) electrons. The zero-order valence-electron chi connectivity index (χ0n) is 10.5. The maximum Gasteiger partial charge on any atom is 0.416 e. The highest BCUT2D eigenvalue weighted by Crippen LogP contribution is 2.32. The summed E-state index contributed by atoms with van der Waals surface area (Å²) in [5, 5.41) is 12.0. The molecule has 0 aliphatic heterocycles. The fourth-order valence-corrected chi connectivity index (χ4v) is 2.60. The Balaban J connectivity index is 2.23. The van der Waals surface area contributed by atoms with E-state index in [4.69, 9.17) is 5.26 Å². The minimum Gasteiger partial charge on any atom is -0.366 e. The van der Waals surface area contributed by atoms with Crippen LogP contribution in [0.15, 0.2) is 36.4 Å². The van der Waals surface area contributed by atoms with Crippen LogP contribution < -0.4 is 5.32 Å². The van der Waals surface area contributed by atoms with Crippen LogP contribution in [0.3, 0.4) is 0 Å². The molecule has 0 fully saturated rings. The third-order valence-corrected chi connectivity index (χ3v) is 3.74. The summed E-state index contributed by atoms with van der Waals surface area (Å²) in [6.07, 6.45) is -4.39. The summed E-state index contributed by atoms with van der Waals surface area (Å²) in [4.78, 5) is 1.83. The van der Waals surface area contributed by atoms with E-state index in [1.807, 2.05) is 13.0 Å². The number of nitriles is 1. The Morgan fingerprint density at radius 2 is 2.00 bits per heavy atom. The first-order valence-electron chi connectivity index (χ1n) is 5.80. The van der Waals surface area contributed by atoms with Gasteiger partial charge in [-0.2, -0.15) is 18.4 Å². The van der Waals surface area contributed by atoms with Crippen molar-refractivity contribution in [3.8, 4) is 6.07 Å². The summed E-state index contributed by atoms with van der Waals surface area (Å²) in [6.45, 7) is 1.91. The minimum absolute atomic E-state index is 0.275. The lowest BCUT2D eigenvalue weighted by atomic mass is 10.1. The van der Waals surface area contributed by atoms with E-state index >= 15 is 0 Å². The minimum atomic E-state index is -4.39. The van der Waals surface area contributed by atoms with Crippen LogP contribution in [0.5, 0.6) is 0 Å². The number of rotatable bonds is 3. The fraction of sp³-hybridized carbons (Fsp3) is 0.214. The van der Waals surface area contributed by atoms with Crippen LogP contribution in [-0.2, 0) is 6.18 Å². The normalized spacial score (nSPS) is 12.8. The third kappa shape index (κ3) is 3.31. The van der Waals surface area contributed by atoms with Crippen LogP contribution in [0.25, 0.3) is 0 Å². The van der Waals surface area contributed by atoms with Gasteiger partial charge in [-0.1, -0.05) is 6.07 Å². The predicted molar refractivity (Wildman–Crippen MR) is 72.5 cm³/mol. The second-order valence-corrected chi connectivity index (χ2v) is 5.55. The number of aryl methyl sites for hydroxylation is 1. The van der Waals surface area contributed by atoms with Crippen molar-refractivity contribution in [1.29, 1.82) is 5.26 Å². The number of benzene rings is 1. The number of halogens is 3. The van der Waals surface area contributed by atoms with Gasteiger partial charge in [0, 0.05) is 15.4 Å². The number of alkyl halides is 3. The molecule has 1 unspecified atom stereocenters. The Kier molecular flexibility index (Phi) is 4.00. The van der Waals surface area contributed by atoms with Crippen molar-refractivity contribution >= 4 is 17.0 Å². The lowest BCUT2D eigenvalue weighted by Crippen LogP contribution is -2.09. The van der Waals surface area contributed by atoms with Crippen LogP contribution in [0.1, 0.15) is 21.4 Å². The van der Waals surface area contributed by atoms with Gasteiger partial charge < -0.3 is 5.32 Å². The Hall–Kier alpha value is -2.00. The monoisotopic (exact) mass is 296 g/mol. The predicted octanol–water partition coefficient (Wildman–Crippen LogP) is 4.75. The van der Waals surface area contributed by atoms with E-state index in [1.54, 1.807) is 6.07 Å². The largest absolute Gasteiger partial charge is 0.416 e. The summed E-state index contributed by atoms with van der Waals surface area (Å²) in [6, 6.07) is 9.91. The van der Waals surface area contributed by atoms with Crippen molar-refractivity contribution in [3.05, 3.63) is 51.7 Å². The second-order valence-electron chi connectivity index (χ2n) is 4.23. The van der Waals surface area contributed by atoms with E-state index in [-0.39, 0.29) is 5.69 Å². The second kappa shape index (κ2) is 5.55. The zero-order chi connectivity index (χ0) is 14.8. The molecule has 2 aromatic rings. The first-order valence-corrected chi connectivity index (χ1v) is 6.61. The van der Waals surface area contributed by atoms with Gasteiger partial charge in [-0.05, 0) is 37.3 Å². The van der Waals surface area contributed by atoms with Crippen molar-refractivity contribution in [1.82, 2.24) is 0 Å². The smallest absolute Gasteiger partial charge is 0.366 e. The number of nitrogens with zero attached hydrogens (tertiary/aromatic N) is 1. The topological polar surface area (TPSA) is 35.8 Å². The Morgan fingerprint density at radius 3 is 2.55 bits per heavy atom. The lowest BCUT2D eigenvalue weighted by Gasteiger charge is -2.13. The molecule has 2 nitrogen and oxygen atoms in total. The SMILES string of the molecule is Cc1ccc(C(C#N)Nc2cccc(C(F)(F)F)c2)s1. The van der Waals surface area contributed by atoms with E-state index in [0.29, 0.717) is 0 Å². The number of hydrogen-bond acceptors (Lipinski definition) is 3. The van der Waals surface area contributed by atoms with E-state index in [2.05, 4.69) is 11.4 Å². The van der Waals surface area contributed by atoms with Gasteiger partial charge in [0.25, 0.3) is 0 Å². The number of nitrogens with one attached hydrogen (secondary N) is 1. The summed E-state index contributed by atoms with van der Waals surface area (Å²) < 4.78 is 37.9. The van der Waals surface area contributed by atoms with Crippen molar-refractivity contribution in [2.45, 2.75) is 19.1 Å². The van der Waals surface area contributed by atoms with Gasteiger partial charge in [-0.25, -0.2) is 0 Å². The molecule has 6 heteroatoms. The van der Waals surface area contributed by atoms with Crippen molar-refractivity contribution in [2.75, 3.05) is 5.32 Å². The van der Waals surface area contributed by atoms with E-state index < -0.39 is 17.8 Å². The fourth-order valence-electron chi connectivity index (χ4n) is 1.73. The highest BCUT2D eigenvalue weighted by molar-refractivity contribution is 7.12. The highest BCUT2D eigenvalue weighted by Gasteiger charge is 2.30. The van der Waals surface area contributed by atoms with Crippen LogP contribution >= 0.6 is 11.3 Å². The van der Waals surface area contributed by atoms with Crippen molar-refractivity contribution in [3.63, 3.8) is 0 Å². The van der Waals surface area contributed by atoms with Gasteiger partial charge in [0.15, 0.2) is 0 Å². The molecule has 0 aliphatic carbocycles. The first-order chi connectivity index (χ1) is 9.40. The van der Waals surface area contributed by atoms with E-state index in [9.17, 15) is 13.2 Å². The summed E-state index contributed by atoms with van der Waals surface area (Å²) >= 11 is 1.44. The molecule has 0 aliphatic rings. The van der Waals surface area contributed by atoms with Crippen LogP contribution in [0, 0.1) is 18.3 Å². The van der Waals surface area contributed by atoms with Crippen LogP contribution in [0.4, 0.5) is 18.9 Å². The van der Waals surface area contributed by atoms with Gasteiger partial charge >= 0.3 is 6.18 Å². The molecule has 0 amide bonds. The van der Waals surface area contributed by atoms with E-state index in [1.165, 1.54) is 23.5 Å². The molecule has 104 valence electrons. The molecule has 0 saturated carbocycles. The summed E-state index contributed by atoms with van der Waals surface area (Å²) in [5.41, 5.74) is -0.459. The number of anilines is 1. The molecule has 0 bridgehead atoms.